The van der Waals surface area contributed by atoms with Gasteiger partial charge in [-0.3, -0.25) is 9.59 Å². The Morgan fingerprint density at radius 2 is 2.19 bits per heavy atom. The predicted molar refractivity (Wildman–Crippen MR) is 71.1 cm³/mol. The number of aromatic nitrogens is 3. The molecule has 1 N–H and O–H groups in total. The van der Waals surface area contributed by atoms with Gasteiger partial charge in [0.1, 0.15) is 11.6 Å². The quantitative estimate of drug-likeness (QED) is 0.769. The molecule has 1 aromatic heterocycles. The molecule has 2 heterocycles. The van der Waals surface area contributed by atoms with Gasteiger partial charge in [-0.1, -0.05) is 17.3 Å². The van der Waals surface area contributed by atoms with Gasteiger partial charge >= 0.3 is 5.97 Å². The Labute approximate surface area is 118 Å². The van der Waals surface area contributed by atoms with Crippen molar-refractivity contribution < 1.29 is 14.3 Å². The van der Waals surface area contributed by atoms with E-state index in [-0.39, 0.29) is 18.2 Å². The van der Waals surface area contributed by atoms with Crippen LogP contribution in [-0.4, -0.2) is 32.9 Å². The smallest absolute Gasteiger partial charge is 0.330 e. The molecule has 1 unspecified atom stereocenters. The van der Waals surface area contributed by atoms with Gasteiger partial charge < -0.3 is 10.1 Å². The highest BCUT2D eigenvalue weighted by atomic mass is 16.5. The molecule has 3 rings (SSSR count). The molecule has 0 radical (unpaired) electrons. The van der Waals surface area contributed by atoms with Crippen molar-refractivity contribution in [3.63, 3.8) is 0 Å². The third-order valence-corrected chi connectivity index (χ3v) is 3.24. The summed E-state index contributed by atoms with van der Waals surface area (Å²) in [7, 11) is 0. The maximum absolute atomic E-state index is 12.1. The second-order valence-electron chi connectivity index (χ2n) is 4.66. The van der Waals surface area contributed by atoms with Crippen LogP contribution in [0.1, 0.15) is 12.8 Å². The number of carbonyl (C=O) groups excluding carboxylic acids is 2. The first-order valence-electron chi connectivity index (χ1n) is 6.44. The summed E-state index contributed by atoms with van der Waals surface area (Å²) >= 11 is 0. The van der Waals surface area contributed by atoms with E-state index in [2.05, 4.69) is 15.6 Å². The zero-order chi connectivity index (χ0) is 14.8. The topological polar surface area (TPSA) is 103 Å². The van der Waals surface area contributed by atoms with E-state index in [1.807, 2.05) is 0 Å². The van der Waals surface area contributed by atoms with Crippen molar-refractivity contribution in [1.29, 1.82) is 0 Å². The first kappa shape index (κ1) is 13.2. The Morgan fingerprint density at radius 1 is 1.38 bits per heavy atom. The first-order valence-corrected chi connectivity index (χ1v) is 6.44. The number of hydrogen-bond acceptors (Lipinski definition) is 6. The molecule has 0 saturated carbocycles. The van der Waals surface area contributed by atoms with Crippen molar-refractivity contribution in [3.05, 3.63) is 34.6 Å². The fourth-order valence-electron chi connectivity index (χ4n) is 2.12. The molecule has 1 aliphatic heterocycles. The van der Waals surface area contributed by atoms with E-state index < -0.39 is 12.0 Å². The van der Waals surface area contributed by atoms with Crippen LogP contribution in [-0.2, 0) is 21.1 Å². The third kappa shape index (κ3) is 2.60. The van der Waals surface area contributed by atoms with Gasteiger partial charge in [0.05, 0.1) is 5.39 Å². The molecule has 21 heavy (non-hydrogen) atoms. The summed E-state index contributed by atoms with van der Waals surface area (Å²) in [6, 6.07) is 6.12. The molecular formula is C13H12N4O4. The highest BCUT2D eigenvalue weighted by Crippen LogP contribution is 2.08. The standard InChI is InChI=1S/C13H12N4O4/c18-11-6-5-10(14-11)13(20)21-7-17-12(19)8-3-1-2-4-9(8)15-16-17/h1-4,10H,5-7H2,(H,14,18). The Morgan fingerprint density at radius 3 is 2.95 bits per heavy atom. The van der Waals surface area contributed by atoms with Crippen LogP contribution in [0.4, 0.5) is 0 Å². The summed E-state index contributed by atoms with van der Waals surface area (Å²) in [5.74, 6) is -0.762. The second-order valence-corrected chi connectivity index (χ2v) is 4.66. The van der Waals surface area contributed by atoms with Crippen molar-refractivity contribution >= 4 is 22.8 Å². The molecule has 1 atom stereocenters. The minimum absolute atomic E-state index is 0.181. The molecule has 1 fully saturated rings. The average molecular weight is 288 g/mol. The molecule has 8 nitrogen and oxygen atoms in total. The van der Waals surface area contributed by atoms with Crippen molar-refractivity contribution in [2.45, 2.75) is 25.6 Å². The molecule has 0 bridgehead atoms. The summed E-state index contributed by atoms with van der Waals surface area (Å²) in [5.41, 5.74) is 0.0944. The number of amides is 1. The molecule has 2 aromatic rings. The Kier molecular flexibility index (Phi) is 3.35. The molecule has 1 aliphatic rings. The summed E-state index contributed by atoms with van der Waals surface area (Å²) in [6.45, 7) is -0.331. The van der Waals surface area contributed by atoms with Gasteiger partial charge in [-0.05, 0) is 18.6 Å². The van der Waals surface area contributed by atoms with Gasteiger partial charge in [0.15, 0.2) is 6.73 Å². The lowest BCUT2D eigenvalue weighted by atomic mass is 10.2. The Hall–Kier alpha value is -2.77. The van der Waals surface area contributed by atoms with E-state index in [4.69, 9.17) is 4.74 Å². The molecule has 1 amide bonds. The van der Waals surface area contributed by atoms with E-state index >= 15 is 0 Å². The minimum atomic E-state index is -0.651. The van der Waals surface area contributed by atoms with E-state index in [9.17, 15) is 14.4 Å². The third-order valence-electron chi connectivity index (χ3n) is 3.24. The van der Waals surface area contributed by atoms with Crippen LogP contribution in [0.5, 0.6) is 0 Å². The fourth-order valence-corrected chi connectivity index (χ4v) is 2.12. The lowest BCUT2D eigenvalue weighted by Gasteiger charge is -2.10. The van der Waals surface area contributed by atoms with E-state index in [0.717, 1.165) is 4.68 Å². The fraction of sp³-hybridized carbons (Fsp3) is 0.308. The van der Waals surface area contributed by atoms with Gasteiger partial charge in [-0.25, -0.2) is 4.79 Å². The molecule has 108 valence electrons. The SMILES string of the molecule is O=C1CCC(C(=O)OCn2nnc3ccccc3c2=O)N1. The van der Waals surface area contributed by atoms with Gasteiger partial charge in [0.25, 0.3) is 5.56 Å². The predicted octanol–water partition coefficient (Wildman–Crippen LogP) is -0.429. The highest BCUT2D eigenvalue weighted by Gasteiger charge is 2.28. The summed E-state index contributed by atoms with van der Waals surface area (Å²) in [6.07, 6.45) is 0.700. The maximum Gasteiger partial charge on any atom is 0.330 e. The summed E-state index contributed by atoms with van der Waals surface area (Å²) in [4.78, 5) is 34.9. The van der Waals surface area contributed by atoms with E-state index in [1.54, 1.807) is 24.3 Å². The van der Waals surface area contributed by atoms with Crippen molar-refractivity contribution in [3.8, 4) is 0 Å². The van der Waals surface area contributed by atoms with E-state index in [1.165, 1.54) is 0 Å². The lowest BCUT2D eigenvalue weighted by molar-refractivity contribution is -0.150. The molecule has 8 heteroatoms. The molecular weight excluding hydrogens is 276 g/mol. The largest absolute Gasteiger partial charge is 0.441 e. The van der Waals surface area contributed by atoms with Crippen LogP contribution in [0.3, 0.4) is 0 Å². The monoisotopic (exact) mass is 288 g/mol. The zero-order valence-corrected chi connectivity index (χ0v) is 11.0. The Balaban J connectivity index is 1.73. The Bertz CT molecular complexity index is 770. The number of carbonyl (C=O) groups is 2. The van der Waals surface area contributed by atoms with Crippen molar-refractivity contribution in [1.82, 2.24) is 20.3 Å². The normalized spacial score (nSPS) is 17.7. The van der Waals surface area contributed by atoms with Crippen LogP contribution in [0.25, 0.3) is 10.9 Å². The molecule has 0 spiro atoms. The lowest BCUT2D eigenvalue weighted by Crippen LogP contribution is -2.36. The molecule has 0 aliphatic carbocycles. The number of nitrogens with one attached hydrogen (secondary N) is 1. The first-order chi connectivity index (χ1) is 10.1. The highest BCUT2D eigenvalue weighted by molar-refractivity contribution is 5.87. The van der Waals surface area contributed by atoms with Crippen LogP contribution in [0.2, 0.25) is 0 Å². The number of esters is 1. The number of rotatable bonds is 3. The summed E-state index contributed by atoms with van der Waals surface area (Å²) in [5, 5.41) is 10.5. The van der Waals surface area contributed by atoms with Crippen LogP contribution < -0.4 is 10.9 Å². The average Bonchev–Trinajstić information content (AvgIpc) is 2.93. The van der Waals surface area contributed by atoms with Gasteiger partial charge in [-0.15, -0.1) is 5.10 Å². The van der Waals surface area contributed by atoms with Crippen molar-refractivity contribution in [2.75, 3.05) is 0 Å². The zero-order valence-electron chi connectivity index (χ0n) is 11.0. The molecule has 1 aromatic carbocycles. The van der Waals surface area contributed by atoms with Crippen LogP contribution in [0, 0.1) is 0 Å². The van der Waals surface area contributed by atoms with Crippen LogP contribution in [0.15, 0.2) is 29.1 Å². The van der Waals surface area contributed by atoms with Crippen LogP contribution >= 0.6 is 0 Å². The maximum atomic E-state index is 12.1. The number of ether oxygens (including phenoxy) is 1. The minimum Gasteiger partial charge on any atom is -0.441 e. The van der Waals surface area contributed by atoms with Gasteiger partial charge in [0, 0.05) is 6.42 Å². The number of hydrogen-bond donors (Lipinski definition) is 1. The second kappa shape index (κ2) is 5.31. The molecule has 1 saturated heterocycles. The number of fused-ring (bicyclic) bond motifs is 1. The number of nitrogens with zero attached hydrogens (tertiary/aromatic N) is 3. The van der Waals surface area contributed by atoms with Gasteiger partial charge in [-0.2, -0.15) is 4.68 Å². The summed E-state index contributed by atoms with van der Waals surface area (Å²) < 4.78 is 5.97. The van der Waals surface area contributed by atoms with Crippen molar-refractivity contribution in [2.24, 2.45) is 0 Å². The van der Waals surface area contributed by atoms with Gasteiger partial charge in [0.2, 0.25) is 5.91 Å². The number of benzene rings is 1. The van der Waals surface area contributed by atoms with E-state index in [0.29, 0.717) is 23.7 Å².